The molecule has 122 valence electrons. The van der Waals surface area contributed by atoms with E-state index in [2.05, 4.69) is 5.32 Å². The Bertz CT molecular complexity index is 728. The molecule has 0 fully saturated rings. The highest BCUT2D eigenvalue weighted by atomic mass is 19.4. The number of carbonyl (C=O) groups excluding carboxylic acids is 1. The van der Waals surface area contributed by atoms with E-state index in [9.17, 15) is 22.4 Å². The van der Waals surface area contributed by atoms with Gasteiger partial charge in [-0.1, -0.05) is 23.8 Å². The van der Waals surface area contributed by atoms with Gasteiger partial charge in [-0.15, -0.1) is 0 Å². The maximum absolute atomic E-state index is 13.7. The Kier molecular flexibility index (Phi) is 4.70. The van der Waals surface area contributed by atoms with E-state index in [4.69, 9.17) is 5.73 Å². The number of halogens is 4. The molecule has 0 aliphatic carbocycles. The van der Waals surface area contributed by atoms with Crippen molar-refractivity contribution in [2.75, 3.05) is 5.32 Å². The third kappa shape index (κ3) is 4.07. The SMILES string of the molecule is Cc1ccc(F)c(C(=O)Nc2cccc([C@H](N)C(F)(F)F)c2)c1. The van der Waals surface area contributed by atoms with Crippen molar-refractivity contribution in [3.63, 3.8) is 0 Å². The van der Waals surface area contributed by atoms with Gasteiger partial charge in [0.1, 0.15) is 11.9 Å². The number of aryl methyl sites for hydroxylation is 1. The number of hydrogen-bond donors (Lipinski definition) is 2. The molecule has 1 amide bonds. The number of amides is 1. The number of rotatable bonds is 3. The van der Waals surface area contributed by atoms with Gasteiger partial charge in [-0.3, -0.25) is 4.79 Å². The molecule has 1 atom stereocenters. The topological polar surface area (TPSA) is 55.1 Å². The summed E-state index contributed by atoms with van der Waals surface area (Å²) >= 11 is 0. The standard InChI is InChI=1S/C16H14F4N2O/c1-9-5-6-13(17)12(7-9)15(23)22-11-4-2-3-10(8-11)14(21)16(18,19)20/h2-8,14H,21H2,1H3,(H,22,23)/t14-/m0/s1. The van der Waals surface area contributed by atoms with Crippen LogP contribution in [0.25, 0.3) is 0 Å². The molecule has 0 aliphatic rings. The van der Waals surface area contributed by atoms with Gasteiger partial charge in [0.05, 0.1) is 5.56 Å². The Morgan fingerprint density at radius 3 is 2.52 bits per heavy atom. The third-order valence-corrected chi connectivity index (χ3v) is 3.22. The van der Waals surface area contributed by atoms with Crippen molar-refractivity contribution in [2.45, 2.75) is 19.1 Å². The van der Waals surface area contributed by atoms with Crippen LogP contribution in [0.1, 0.15) is 27.5 Å². The zero-order valence-corrected chi connectivity index (χ0v) is 12.1. The van der Waals surface area contributed by atoms with Crippen molar-refractivity contribution in [1.29, 1.82) is 0 Å². The fourth-order valence-corrected chi connectivity index (χ4v) is 2.01. The molecule has 2 aromatic carbocycles. The van der Waals surface area contributed by atoms with Gasteiger partial charge < -0.3 is 11.1 Å². The first kappa shape index (κ1) is 17.0. The lowest BCUT2D eigenvalue weighted by Crippen LogP contribution is -2.28. The lowest BCUT2D eigenvalue weighted by atomic mass is 10.1. The second kappa shape index (κ2) is 6.37. The first-order valence-electron chi connectivity index (χ1n) is 6.68. The number of nitrogens with two attached hydrogens (primary N) is 1. The molecular formula is C16H14F4N2O. The second-order valence-electron chi connectivity index (χ2n) is 5.08. The Morgan fingerprint density at radius 1 is 1.17 bits per heavy atom. The molecular weight excluding hydrogens is 312 g/mol. The smallest absolute Gasteiger partial charge is 0.322 e. The Hall–Kier alpha value is -2.41. The summed E-state index contributed by atoms with van der Waals surface area (Å²) in [7, 11) is 0. The van der Waals surface area contributed by atoms with Crippen molar-refractivity contribution in [3.8, 4) is 0 Å². The third-order valence-electron chi connectivity index (χ3n) is 3.22. The van der Waals surface area contributed by atoms with E-state index >= 15 is 0 Å². The van der Waals surface area contributed by atoms with Crippen molar-refractivity contribution >= 4 is 11.6 Å². The summed E-state index contributed by atoms with van der Waals surface area (Å²) in [6, 6.07) is 6.92. The highest BCUT2D eigenvalue weighted by Gasteiger charge is 2.37. The van der Waals surface area contributed by atoms with Gasteiger partial charge in [-0.2, -0.15) is 13.2 Å². The van der Waals surface area contributed by atoms with Gasteiger partial charge in [-0.25, -0.2) is 4.39 Å². The Balaban J connectivity index is 2.24. The molecule has 0 spiro atoms. The van der Waals surface area contributed by atoms with Crippen LogP contribution < -0.4 is 11.1 Å². The van der Waals surface area contributed by atoms with E-state index in [0.29, 0.717) is 5.56 Å². The zero-order valence-electron chi connectivity index (χ0n) is 12.1. The summed E-state index contributed by atoms with van der Waals surface area (Å²) in [6.45, 7) is 1.69. The van der Waals surface area contributed by atoms with Crippen LogP contribution in [0, 0.1) is 12.7 Å². The van der Waals surface area contributed by atoms with Gasteiger partial charge in [0, 0.05) is 5.69 Å². The van der Waals surface area contributed by atoms with Crippen molar-refractivity contribution in [2.24, 2.45) is 5.73 Å². The van der Waals surface area contributed by atoms with Crippen LogP contribution in [0.2, 0.25) is 0 Å². The van der Waals surface area contributed by atoms with Gasteiger partial charge >= 0.3 is 6.18 Å². The van der Waals surface area contributed by atoms with Crippen molar-refractivity contribution in [1.82, 2.24) is 0 Å². The van der Waals surface area contributed by atoms with E-state index in [1.54, 1.807) is 6.92 Å². The first-order chi connectivity index (χ1) is 10.7. The summed E-state index contributed by atoms with van der Waals surface area (Å²) in [4.78, 5) is 12.1. The van der Waals surface area contributed by atoms with Gasteiger partial charge in [0.15, 0.2) is 0 Å². The molecule has 23 heavy (non-hydrogen) atoms. The average molecular weight is 326 g/mol. The predicted octanol–water partition coefficient (Wildman–Crippen LogP) is 3.95. The number of benzene rings is 2. The predicted molar refractivity (Wildman–Crippen MR) is 78.5 cm³/mol. The van der Waals surface area contributed by atoms with Crippen LogP contribution in [-0.4, -0.2) is 12.1 Å². The van der Waals surface area contributed by atoms with Crippen LogP contribution in [-0.2, 0) is 0 Å². The fourth-order valence-electron chi connectivity index (χ4n) is 2.01. The lowest BCUT2D eigenvalue weighted by molar-refractivity contribution is -0.149. The molecule has 0 bridgehead atoms. The summed E-state index contributed by atoms with van der Waals surface area (Å²) in [5.74, 6) is -1.46. The molecule has 2 rings (SSSR count). The molecule has 0 radical (unpaired) electrons. The molecule has 0 saturated carbocycles. The molecule has 0 aromatic heterocycles. The van der Waals surface area contributed by atoms with Gasteiger partial charge in [-0.05, 0) is 36.8 Å². The fraction of sp³-hybridized carbons (Fsp3) is 0.188. The Labute approximate surface area is 130 Å². The maximum atomic E-state index is 13.7. The maximum Gasteiger partial charge on any atom is 0.407 e. The minimum atomic E-state index is -4.59. The van der Waals surface area contributed by atoms with Gasteiger partial charge in [0.2, 0.25) is 0 Å². The first-order valence-corrected chi connectivity index (χ1v) is 6.68. The molecule has 0 unspecified atom stereocenters. The van der Waals surface area contributed by atoms with Gasteiger partial charge in [0.25, 0.3) is 5.91 Å². The summed E-state index contributed by atoms with van der Waals surface area (Å²) < 4.78 is 51.5. The molecule has 0 aliphatic heterocycles. The molecule has 3 nitrogen and oxygen atoms in total. The minimum absolute atomic E-state index is 0.105. The van der Waals surface area contributed by atoms with E-state index in [0.717, 1.165) is 12.1 Å². The van der Waals surface area contributed by atoms with E-state index in [-0.39, 0.29) is 16.8 Å². The van der Waals surface area contributed by atoms with Crippen LogP contribution in [0.15, 0.2) is 42.5 Å². The van der Waals surface area contributed by atoms with Crippen molar-refractivity contribution < 1.29 is 22.4 Å². The molecule has 2 aromatic rings. The van der Waals surface area contributed by atoms with E-state index < -0.39 is 23.9 Å². The normalized spacial score (nSPS) is 12.8. The summed E-state index contributed by atoms with van der Waals surface area (Å²) in [5, 5.41) is 2.37. The molecule has 7 heteroatoms. The monoisotopic (exact) mass is 326 g/mol. The number of carbonyl (C=O) groups is 1. The van der Waals surface area contributed by atoms with E-state index in [1.807, 2.05) is 0 Å². The number of alkyl halides is 3. The lowest BCUT2D eigenvalue weighted by Gasteiger charge is -2.16. The summed E-state index contributed by atoms with van der Waals surface area (Å²) in [5.41, 5.74) is 5.54. The minimum Gasteiger partial charge on any atom is -0.322 e. The highest BCUT2D eigenvalue weighted by molar-refractivity contribution is 6.04. The quantitative estimate of drug-likeness (QED) is 0.839. The van der Waals surface area contributed by atoms with Crippen LogP contribution in [0.3, 0.4) is 0 Å². The molecule has 0 saturated heterocycles. The second-order valence-corrected chi connectivity index (χ2v) is 5.08. The highest BCUT2D eigenvalue weighted by Crippen LogP contribution is 2.31. The number of hydrogen-bond acceptors (Lipinski definition) is 2. The Morgan fingerprint density at radius 2 is 1.87 bits per heavy atom. The van der Waals surface area contributed by atoms with Crippen LogP contribution >= 0.6 is 0 Å². The average Bonchev–Trinajstić information content (AvgIpc) is 2.48. The summed E-state index contributed by atoms with van der Waals surface area (Å²) in [6.07, 6.45) is -4.59. The largest absolute Gasteiger partial charge is 0.407 e. The van der Waals surface area contributed by atoms with Crippen LogP contribution in [0.4, 0.5) is 23.2 Å². The van der Waals surface area contributed by atoms with Crippen LogP contribution in [0.5, 0.6) is 0 Å². The van der Waals surface area contributed by atoms with Crippen molar-refractivity contribution in [3.05, 3.63) is 65.0 Å². The zero-order chi connectivity index (χ0) is 17.2. The molecule has 0 heterocycles. The molecule has 3 N–H and O–H groups in total. The number of anilines is 1. The number of nitrogens with one attached hydrogen (secondary N) is 1. The van der Waals surface area contributed by atoms with E-state index in [1.165, 1.54) is 30.3 Å².